The lowest BCUT2D eigenvalue weighted by Crippen LogP contribution is -2.18. The monoisotopic (exact) mass is 244 g/mol. The zero-order valence-corrected chi connectivity index (χ0v) is 10.5. The van der Waals surface area contributed by atoms with E-state index in [4.69, 9.17) is 5.73 Å². The molecule has 1 aromatic heterocycles. The lowest BCUT2D eigenvalue weighted by atomic mass is 10.1. The van der Waals surface area contributed by atoms with Gasteiger partial charge in [0, 0.05) is 23.2 Å². The Labute approximate surface area is 105 Å². The van der Waals surface area contributed by atoms with Crippen LogP contribution in [-0.2, 0) is 13.0 Å². The summed E-state index contributed by atoms with van der Waals surface area (Å²) in [6.45, 7) is 0.877. The maximum absolute atomic E-state index is 5.89. The van der Waals surface area contributed by atoms with Crippen molar-refractivity contribution in [2.45, 2.75) is 25.4 Å². The molecule has 1 unspecified atom stereocenters. The van der Waals surface area contributed by atoms with Gasteiger partial charge in [-0.15, -0.1) is 11.3 Å². The van der Waals surface area contributed by atoms with Crippen LogP contribution in [0.5, 0.6) is 0 Å². The normalized spacial score (nSPS) is 18.2. The summed E-state index contributed by atoms with van der Waals surface area (Å²) in [6, 6.07) is 11.2. The van der Waals surface area contributed by atoms with Crippen LogP contribution in [0.2, 0.25) is 0 Å². The molecule has 0 saturated carbocycles. The van der Waals surface area contributed by atoms with E-state index >= 15 is 0 Å². The van der Waals surface area contributed by atoms with E-state index in [1.807, 2.05) is 6.07 Å². The Hall–Kier alpha value is -1.32. The predicted molar refractivity (Wildman–Crippen MR) is 73.1 cm³/mol. The molecule has 1 aromatic carbocycles. The molecule has 0 aliphatic heterocycles. The summed E-state index contributed by atoms with van der Waals surface area (Å²) in [7, 11) is 0. The number of nitrogens with two attached hydrogens (primary N) is 1. The highest BCUT2D eigenvalue weighted by Gasteiger charge is 2.21. The van der Waals surface area contributed by atoms with E-state index in [2.05, 4.69) is 35.0 Å². The minimum atomic E-state index is 0.493. The van der Waals surface area contributed by atoms with Crippen molar-refractivity contribution < 1.29 is 0 Å². The van der Waals surface area contributed by atoms with Crippen molar-refractivity contribution in [3.63, 3.8) is 0 Å². The van der Waals surface area contributed by atoms with Crippen LogP contribution < -0.4 is 11.1 Å². The van der Waals surface area contributed by atoms with Crippen LogP contribution in [-0.4, -0.2) is 0 Å². The number of benzene rings is 1. The number of aryl methyl sites for hydroxylation is 1. The molecule has 3 rings (SSSR count). The molecule has 3 heteroatoms. The maximum atomic E-state index is 5.89. The third-order valence-electron chi connectivity index (χ3n) is 3.42. The van der Waals surface area contributed by atoms with Crippen LogP contribution >= 0.6 is 11.3 Å². The lowest BCUT2D eigenvalue weighted by molar-refractivity contribution is 0.534. The van der Waals surface area contributed by atoms with Crippen molar-refractivity contribution in [3.8, 4) is 0 Å². The van der Waals surface area contributed by atoms with Gasteiger partial charge in [-0.2, -0.15) is 0 Å². The third kappa shape index (κ3) is 2.08. The van der Waals surface area contributed by atoms with E-state index in [0.717, 1.165) is 12.2 Å². The highest BCUT2D eigenvalue weighted by Crippen LogP contribution is 2.31. The second kappa shape index (κ2) is 4.51. The fourth-order valence-corrected chi connectivity index (χ4v) is 3.23. The quantitative estimate of drug-likeness (QED) is 0.870. The Kier molecular flexibility index (Phi) is 2.87. The van der Waals surface area contributed by atoms with Crippen molar-refractivity contribution >= 4 is 17.0 Å². The Morgan fingerprint density at radius 2 is 2.18 bits per heavy atom. The van der Waals surface area contributed by atoms with E-state index in [0.29, 0.717) is 6.04 Å². The Balaban J connectivity index is 1.70. The van der Waals surface area contributed by atoms with Crippen LogP contribution in [0.3, 0.4) is 0 Å². The molecular formula is C14H16N2S. The Bertz CT molecular complexity index is 518. The standard InChI is InChI=1S/C14H16N2S/c15-12-7-8-17-14(12)9-16-13-6-5-10-3-1-2-4-11(10)13/h1-4,7-8,13,16H,5-6,9,15H2. The van der Waals surface area contributed by atoms with E-state index in [1.54, 1.807) is 11.3 Å². The first kappa shape index (κ1) is 10.8. The molecule has 17 heavy (non-hydrogen) atoms. The number of rotatable bonds is 3. The van der Waals surface area contributed by atoms with Gasteiger partial charge >= 0.3 is 0 Å². The molecule has 2 aromatic rings. The van der Waals surface area contributed by atoms with Crippen molar-refractivity contribution in [3.05, 3.63) is 51.7 Å². The fourth-order valence-electron chi connectivity index (χ4n) is 2.48. The molecular weight excluding hydrogens is 228 g/mol. The van der Waals surface area contributed by atoms with E-state index in [-0.39, 0.29) is 0 Å². The van der Waals surface area contributed by atoms with E-state index in [1.165, 1.54) is 28.8 Å². The topological polar surface area (TPSA) is 38.0 Å². The summed E-state index contributed by atoms with van der Waals surface area (Å²) in [6.07, 6.45) is 2.39. The minimum Gasteiger partial charge on any atom is -0.398 e. The molecule has 2 nitrogen and oxygen atoms in total. The molecule has 0 spiro atoms. The summed E-state index contributed by atoms with van der Waals surface area (Å²) in [5.41, 5.74) is 9.75. The smallest absolute Gasteiger partial charge is 0.0468 e. The number of hydrogen-bond acceptors (Lipinski definition) is 3. The largest absolute Gasteiger partial charge is 0.398 e. The molecule has 0 radical (unpaired) electrons. The van der Waals surface area contributed by atoms with Crippen molar-refractivity contribution in [1.82, 2.24) is 5.32 Å². The number of nitrogens with one attached hydrogen (secondary N) is 1. The Morgan fingerprint density at radius 1 is 1.29 bits per heavy atom. The average molecular weight is 244 g/mol. The van der Waals surface area contributed by atoms with Gasteiger partial charge < -0.3 is 11.1 Å². The summed E-state index contributed by atoms with van der Waals surface area (Å²) in [5, 5.41) is 5.66. The van der Waals surface area contributed by atoms with Gasteiger partial charge in [-0.1, -0.05) is 24.3 Å². The van der Waals surface area contributed by atoms with Crippen molar-refractivity contribution in [2.24, 2.45) is 0 Å². The van der Waals surface area contributed by atoms with Gasteiger partial charge in [-0.25, -0.2) is 0 Å². The van der Waals surface area contributed by atoms with Gasteiger partial charge in [0.05, 0.1) is 0 Å². The number of nitrogen functional groups attached to an aromatic ring is 1. The van der Waals surface area contributed by atoms with Gasteiger partial charge in [0.15, 0.2) is 0 Å². The summed E-state index contributed by atoms with van der Waals surface area (Å²) >= 11 is 1.73. The molecule has 1 aliphatic rings. The van der Waals surface area contributed by atoms with Crippen LogP contribution in [0.15, 0.2) is 35.7 Å². The summed E-state index contributed by atoms with van der Waals surface area (Å²) in [5.74, 6) is 0. The first-order chi connectivity index (χ1) is 8.34. The maximum Gasteiger partial charge on any atom is 0.0468 e. The number of fused-ring (bicyclic) bond motifs is 1. The second-order valence-corrected chi connectivity index (χ2v) is 5.47. The van der Waals surface area contributed by atoms with Gasteiger partial charge in [0.25, 0.3) is 0 Å². The van der Waals surface area contributed by atoms with E-state index < -0.39 is 0 Å². The zero-order chi connectivity index (χ0) is 11.7. The molecule has 1 aliphatic carbocycles. The van der Waals surface area contributed by atoms with Gasteiger partial charge in [-0.05, 0) is 35.4 Å². The first-order valence-electron chi connectivity index (χ1n) is 5.97. The van der Waals surface area contributed by atoms with Crippen LogP contribution in [0.25, 0.3) is 0 Å². The molecule has 3 N–H and O–H groups in total. The highest BCUT2D eigenvalue weighted by atomic mass is 32.1. The molecule has 0 amide bonds. The SMILES string of the molecule is Nc1ccsc1CNC1CCc2ccccc21. The molecule has 88 valence electrons. The molecule has 0 saturated heterocycles. The Morgan fingerprint density at radius 3 is 3.00 bits per heavy atom. The molecule has 1 atom stereocenters. The van der Waals surface area contributed by atoms with Crippen molar-refractivity contribution in [2.75, 3.05) is 5.73 Å². The number of thiophene rings is 1. The van der Waals surface area contributed by atoms with Crippen LogP contribution in [0, 0.1) is 0 Å². The first-order valence-corrected chi connectivity index (χ1v) is 6.85. The van der Waals surface area contributed by atoms with Crippen molar-refractivity contribution in [1.29, 1.82) is 0 Å². The van der Waals surface area contributed by atoms with Gasteiger partial charge in [-0.3, -0.25) is 0 Å². The molecule has 0 bridgehead atoms. The van der Waals surface area contributed by atoms with Crippen LogP contribution in [0.1, 0.15) is 28.5 Å². The number of hydrogen-bond donors (Lipinski definition) is 2. The van der Waals surface area contributed by atoms with Gasteiger partial charge in [0.2, 0.25) is 0 Å². The minimum absolute atomic E-state index is 0.493. The lowest BCUT2D eigenvalue weighted by Gasteiger charge is -2.13. The van der Waals surface area contributed by atoms with E-state index in [9.17, 15) is 0 Å². The van der Waals surface area contributed by atoms with Gasteiger partial charge in [0.1, 0.15) is 0 Å². The number of anilines is 1. The summed E-state index contributed by atoms with van der Waals surface area (Å²) < 4.78 is 0. The average Bonchev–Trinajstić information content (AvgIpc) is 2.93. The predicted octanol–water partition coefficient (Wildman–Crippen LogP) is 3.11. The molecule has 0 fully saturated rings. The third-order valence-corrected chi connectivity index (χ3v) is 4.36. The molecule has 1 heterocycles. The van der Waals surface area contributed by atoms with Crippen LogP contribution in [0.4, 0.5) is 5.69 Å². The summed E-state index contributed by atoms with van der Waals surface area (Å²) in [4.78, 5) is 1.24. The highest BCUT2D eigenvalue weighted by molar-refractivity contribution is 7.10. The fraction of sp³-hybridized carbons (Fsp3) is 0.286. The second-order valence-electron chi connectivity index (χ2n) is 4.47. The zero-order valence-electron chi connectivity index (χ0n) is 9.65.